The molecule has 24 heavy (non-hydrogen) atoms. The quantitative estimate of drug-likeness (QED) is 0.647. The number of aromatic nitrogens is 2. The van der Waals surface area contributed by atoms with Gasteiger partial charge in [0.15, 0.2) is 0 Å². The molecule has 0 saturated carbocycles. The molecule has 2 aromatic rings. The van der Waals surface area contributed by atoms with Gasteiger partial charge < -0.3 is 5.32 Å². The van der Waals surface area contributed by atoms with Crippen LogP contribution in [0.4, 0.5) is 23.2 Å². The second-order valence-electron chi connectivity index (χ2n) is 4.91. The van der Waals surface area contributed by atoms with Gasteiger partial charge in [-0.05, 0) is 24.6 Å². The van der Waals surface area contributed by atoms with E-state index in [2.05, 4.69) is 10.4 Å². The molecule has 1 amide bonds. The third-order valence-corrected chi connectivity index (χ3v) is 3.12. The number of nitrogens with one attached hydrogen (secondary N) is 1. The number of carbonyl (C=O) groups is 2. The van der Waals surface area contributed by atoms with Crippen LogP contribution < -0.4 is 5.32 Å². The molecule has 0 unspecified atom stereocenters. The van der Waals surface area contributed by atoms with Crippen molar-refractivity contribution in [2.75, 3.05) is 5.32 Å². The monoisotopic (exact) mass is 343 g/mol. The van der Waals surface area contributed by atoms with Crippen molar-refractivity contribution in [1.82, 2.24) is 9.78 Å². The lowest BCUT2D eigenvalue weighted by molar-refractivity contribution is -0.116. The van der Waals surface area contributed by atoms with Crippen LogP contribution in [-0.4, -0.2) is 27.6 Å². The molecule has 5 nitrogen and oxygen atoms in total. The molecule has 0 spiro atoms. The first kappa shape index (κ1) is 17.6. The minimum absolute atomic E-state index is 0.0178. The smallest absolute Gasteiger partial charge is 0.325 e. The van der Waals surface area contributed by atoms with Gasteiger partial charge in [0.25, 0.3) is 5.78 Å². The Hall–Kier alpha value is -2.71. The Kier molecular flexibility index (Phi) is 5.32. The van der Waals surface area contributed by atoms with Crippen molar-refractivity contribution in [2.45, 2.75) is 25.6 Å². The van der Waals surface area contributed by atoms with Gasteiger partial charge in [-0.3, -0.25) is 14.3 Å². The van der Waals surface area contributed by atoms with Crippen LogP contribution in [0.15, 0.2) is 36.7 Å². The molecule has 2 rings (SSSR count). The Morgan fingerprint density at radius 1 is 1.21 bits per heavy atom. The van der Waals surface area contributed by atoms with E-state index in [1.54, 1.807) is 23.1 Å². The number of anilines is 1. The normalized spacial score (nSPS) is 11.3. The molecule has 0 saturated heterocycles. The summed E-state index contributed by atoms with van der Waals surface area (Å²) in [5, 5.41) is 6.09. The van der Waals surface area contributed by atoms with Crippen molar-refractivity contribution >= 4 is 17.4 Å². The van der Waals surface area contributed by atoms with Crippen molar-refractivity contribution < 1.29 is 27.2 Å². The van der Waals surface area contributed by atoms with Crippen LogP contribution in [0.2, 0.25) is 0 Å². The summed E-state index contributed by atoms with van der Waals surface area (Å²) in [6, 6.07) is 4.60. The summed E-state index contributed by atoms with van der Waals surface area (Å²) in [4.78, 5) is 23.2. The van der Waals surface area contributed by atoms with E-state index in [1.807, 2.05) is 0 Å². The van der Waals surface area contributed by atoms with Crippen LogP contribution in [0.3, 0.4) is 0 Å². The SMILES string of the molecule is O=C(CCCn1cccn1)Nc1cccc(F)c1C(=O)C(F)(F)F. The number of hydrogen-bond donors (Lipinski definition) is 1. The first-order valence-electron chi connectivity index (χ1n) is 6.96. The lowest BCUT2D eigenvalue weighted by Gasteiger charge is -2.12. The summed E-state index contributed by atoms with van der Waals surface area (Å²) in [5.41, 5.74) is -1.69. The highest BCUT2D eigenvalue weighted by Crippen LogP contribution is 2.28. The van der Waals surface area contributed by atoms with Crippen molar-refractivity contribution in [3.63, 3.8) is 0 Å². The van der Waals surface area contributed by atoms with E-state index in [4.69, 9.17) is 0 Å². The summed E-state index contributed by atoms with van der Waals surface area (Å²) < 4.78 is 52.9. The summed E-state index contributed by atoms with van der Waals surface area (Å²) in [7, 11) is 0. The molecule has 0 aliphatic carbocycles. The Morgan fingerprint density at radius 2 is 1.96 bits per heavy atom. The minimum atomic E-state index is -5.23. The number of hydrogen-bond acceptors (Lipinski definition) is 3. The number of amides is 1. The largest absolute Gasteiger partial charge is 0.455 e. The molecule has 1 aromatic heterocycles. The topological polar surface area (TPSA) is 64.0 Å². The first-order chi connectivity index (χ1) is 11.3. The average molecular weight is 343 g/mol. The molecule has 1 aromatic carbocycles. The van der Waals surface area contributed by atoms with Gasteiger partial charge in [-0.15, -0.1) is 0 Å². The molecular weight excluding hydrogens is 330 g/mol. The molecule has 128 valence electrons. The molecule has 1 N–H and O–H groups in total. The van der Waals surface area contributed by atoms with Gasteiger partial charge in [0.1, 0.15) is 5.82 Å². The number of ketones is 1. The second-order valence-corrected chi connectivity index (χ2v) is 4.91. The lowest BCUT2D eigenvalue weighted by atomic mass is 10.1. The number of alkyl halides is 3. The summed E-state index contributed by atoms with van der Waals surface area (Å²) in [6.45, 7) is 0.442. The highest BCUT2D eigenvalue weighted by atomic mass is 19.4. The van der Waals surface area contributed by atoms with Crippen LogP contribution in [0.5, 0.6) is 0 Å². The van der Waals surface area contributed by atoms with Crippen molar-refractivity contribution in [3.05, 3.63) is 48.0 Å². The predicted octanol–water partition coefficient (Wildman–Crippen LogP) is 3.19. The first-order valence-corrected chi connectivity index (χ1v) is 6.96. The van der Waals surface area contributed by atoms with E-state index in [9.17, 15) is 27.2 Å². The molecule has 0 fully saturated rings. The van der Waals surface area contributed by atoms with Crippen molar-refractivity contribution in [1.29, 1.82) is 0 Å². The number of benzene rings is 1. The maximum absolute atomic E-state index is 13.6. The molecule has 0 aliphatic rings. The Balaban J connectivity index is 2.05. The lowest BCUT2D eigenvalue weighted by Crippen LogP contribution is -2.26. The average Bonchev–Trinajstić information content (AvgIpc) is 2.99. The fraction of sp³-hybridized carbons (Fsp3) is 0.267. The highest BCUT2D eigenvalue weighted by Gasteiger charge is 2.42. The van der Waals surface area contributed by atoms with Gasteiger partial charge >= 0.3 is 6.18 Å². The predicted molar refractivity (Wildman–Crippen MR) is 76.9 cm³/mol. The Bertz CT molecular complexity index is 727. The Labute approximate surface area is 134 Å². The van der Waals surface area contributed by atoms with E-state index >= 15 is 0 Å². The molecule has 0 radical (unpaired) electrons. The number of rotatable bonds is 6. The number of halogens is 4. The van der Waals surface area contributed by atoms with E-state index in [0.29, 0.717) is 13.0 Å². The Morgan fingerprint density at radius 3 is 2.58 bits per heavy atom. The molecular formula is C15H13F4N3O2. The maximum atomic E-state index is 13.6. The minimum Gasteiger partial charge on any atom is -0.325 e. The standard InChI is InChI=1S/C15H13F4N3O2/c16-10-4-1-5-11(13(10)14(24)15(17,18)19)21-12(23)6-2-8-22-9-3-7-20-22/h1,3-5,7,9H,2,6,8H2,(H,21,23). The number of Topliss-reactive ketones (excluding diaryl/α,β-unsaturated/α-hetero) is 1. The summed E-state index contributed by atoms with van der Waals surface area (Å²) in [5.74, 6) is -4.30. The summed E-state index contributed by atoms with van der Waals surface area (Å²) in [6.07, 6.45) is -1.60. The van der Waals surface area contributed by atoms with E-state index in [-0.39, 0.29) is 6.42 Å². The van der Waals surface area contributed by atoms with Gasteiger partial charge in [-0.25, -0.2) is 4.39 Å². The zero-order chi connectivity index (χ0) is 17.7. The number of aryl methyl sites for hydroxylation is 1. The zero-order valence-electron chi connectivity index (χ0n) is 12.3. The van der Waals surface area contributed by atoms with Crippen LogP contribution in [0.1, 0.15) is 23.2 Å². The van der Waals surface area contributed by atoms with Gasteiger partial charge in [0.2, 0.25) is 5.91 Å². The van der Waals surface area contributed by atoms with Crippen LogP contribution in [0, 0.1) is 5.82 Å². The zero-order valence-corrected chi connectivity index (χ0v) is 12.3. The van der Waals surface area contributed by atoms with Crippen molar-refractivity contribution in [2.24, 2.45) is 0 Å². The third-order valence-electron chi connectivity index (χ3n) is 3.12. The van der Waals surface area contributed by atoms with Gasteiger partial charge in [0, 0.05) is 25.4 Å². The van der Waals surface area contributed by atoms with Gasteiger partial charge in [-0.2, -0.15) is 18.3 Å². The molecule has 0 aliphatic heterocycles. The number of nitrogens with zero attached hydrogens (tertiary/aromatic N) is 2. The molecule has 9 heteroatoms. The van der Waals surface area contributed by atoms with Gasteiger partial charge in [-0.1, -0.05) is 6.07 Å². The van der Waals surface area contributed by atoms with Crippen LogP contribution in [-0.2, 0) is 11.3 Å². The van der Waals surface area contributed by atoms with E-state index in [1.165, 1.54) is 0 Å². The highest BCUT2D eigenvalue weighted by molar-refractivity contribution is 6.07. The maximum Gasteiger partial charge on any atom is 0.455 e. The second kappa shape index (κ2) is 7.24. The molecule has 0 atom stereocenters. The van der Waals surface area contributed by atoms with Crippen LogP contribution >= 0.6 is 0 Å². The van der Waals surface area contributed by atoms with Crippen LogP contribution in [0.25, 0.3) is 0 Å². The third kappa shape index (κ3) is 4.40. The van der Waals surface area contributed by atoms with Crippen molar-refractivity contribution in [3.8, 4) is 0 Å². The van der Waals surface area contributed by atoms with E-state index in [0.717, 1.165) is 18.2 Å². The fourth-order valence-corrected chi connectivity index (χ4v) is 2.05. The number of carbonyl (C=O) groups excluding carboxylic acids is 2. The van der Waals surface area contributed by atoms with Gasteiger partial charge in [0.05, 0.1) is 11.3 Å². The molecule has 0 bridgehead atoms. The summed E-state index contributed by atoms with van der Waals surface area (Å²) >= 11 is 0. The fourth-order valence-electron chi connectivity index (χ4n) is 2.05. The van der Waals surface area contributed by atoms with E-state index < -0.39 is 34.9 Å². The molecule has 1 heterocycles.